The van der Waals surface area contributed by atoms with Gasteiger partial charge in [-0.1, -0.05) is 23.2 Å². The molecule has 0 spiro atoms. The number of carbonyl (C=O) groups excluding carboxylic acids is 1. The fourth-order valence-corrected chi connectivity index (χ4v) is 3.61. The van der Waals surface area contributed by atoms with E-state index in [4.69, 9.17) is 27.9 Å². The van der Waals surface area contributed by atoms with Gasteiger partial charge in [-0.15, -0.1) is 0 Å². The third-order valence-electron chi connectivity index (χ3n) is 4.84. The molecule has 1 saturated heterocycles. The number of rotatable bonds is 7. The van der Waals surface area contributed by atoms with Crippen LogP contribution in [0.15, 0.2) is 36.4 Å². The second-order valence-electron chi connectivity index (χ2n) is 6.85. The van der Waals surface area contributed by atoms with Crippen molar-refractivity contribution in [1.82, 2.24) is 5.32 Å². The predicted molar refractivity (Wildman–Crippen MR) is 113 cm³/mol. The Hall–Kier alpha value is -2.35. The van der Waals surface area contributed by atoms with E-state index in [2.05, 4.69) is 10.6 Å². The first-order valence-electron chi connectivity index (χ1n) is 9.32. The van der Waals surface area contributed by atoms with Crippen LogP contribution in [0.3, 0.4) is 0 Å². The summed E-state index contributed by atoms with van der Waals surface area (Å²) in [6.07, 6.45) is 3.16. The van der Waals surface area contributed by atoms with Crippen LogP contribution in [0.4, 0.5) is 11.4 Å². The first-order valence-corrected chi connectivity index (χ1v) is 10.1. The Balaban J connectivity index is 1.69. The van der Waals surface area contributed by atoms with E-state index in [1.165, 1.54) is 24.3 Å². The van der Waals surface area contributed by atoms with Gasteiger partial charge in [0.2, 0.25) is 0 Å². The van der Waals surface area contributed by atoms with Crippen molar-refractivity contribution in [2.75, 3.05) is 25.0 Å². The number of benzene rings is 2. The molecule has 1 fully saturated rings. The molecule has 1 amide bonds. The molecule has 0 aromatic heterocycles. The second kappa shape index (κ2) is 9.91. The maximum atomic E-state index is 12.8. The summed E-state index contributed by atoms with van der Waals surface area (Å²) in [4.78, 5) is 23.0. The van der Waals surface area contributed by atoms with Gasteiger partial charge in [0.1, 0.15) is 5.75 Å². The Morgan fingerprint density at radius 2 is 1.97 bits per heavy atom. The first kappa shape index (κ1) is 21.4. The molecule has 9 heteroatoms. The van der Waals surface area contributed by atoms with E-state index >= 15 is 0 Å². The van der Waals surface area contributed by atoms with Gasteiger partial charge in [0.05, 0.1) is 27.8 Å². The van der Waals surface area contributed by atoms with Crippen LogP contribution in [-0.2, 0) is 0 Å². The van der Waals surface area contributed by atoms with Crippen LogP contribution in [0.2, 0.25) is 10.0 Å². The summed E-state index contributed by atoms with van der Waals surface area (Å²) in [6.45, 7) is 2.55. The summed E-state index contributed by atoms with van der Waals surface area (Å²) in [5.74, 6) is 0.582. The summed E-state index contributed by atoms with van der Waals surface area (Å²) in [5.41, 5.74) is 0.387. The molecule has 0 atom stereocenters. The molecule has 1 heterocycles. The van der Waals surface area contributed by atoms with Crippen molar-refractivity contribution in [2.24, 2.45) is 5.92 Å². The molecule has 2 N–H and O–H groups in total. The number of halogens is 2. The molecule has 7 nitrogen and oxygen atoms in total. The molecule has 154 valence electrons. The van der Waals surface area contributed by atoms with E-state index in [1.807, 2.05) is 0 Å². The summed E-state index contributed by atoms with van der Waals surface area (Å²) in [5, 5.41) is 17.3. The number of nitro groups is 1. The number of hydrogen-bond acceptors (Lipinski definition) is 5. The average Bonchev–Trinajstić information content (AvgIpc) is 2.71. The van der Waals surface area contributed by atoms with E-state index in [9.17, 15) is 14.9 Å². The zero-order chi connectivity index (χ0) is 20.8. The molecular weight excluding hydrogens is 417 g/mol. The summed E-state index contributed by atoms with van der Waals surface area (Å²) in [6, 6.07) is 8.70. The minimum absolute atomic E-state index is 0.0722. The van der Waals surface area contributed by atoms with Crippen molar-refractivity contribution in [1.29, 1.82) is 0 Å². The molecule has 0 aliphatic carbocycles. The van der Waals surface area contributed by atoms with Crippen LogP contribution in [-0.4, -0.2) is 30.5 Å². The number of non-ortho nitro benzene ring substituents is 1. The van der Waals surface area contributed by atoms with Crippen LogP contribution in [0.25, 0.3) is 0 Å². The van der Waals surface area contributed by atoms with Crippen molar-refractivity contribution in [2.45, 2.75) is 19.3 Å². The molecule has 0 radical (unpaired) electrons. The number of ether oxygens (including phenoxy) is 1. The van der Waals surface area contributed by atoms with Gasteiger partial charge in [-0.05, 0) is 62.5 Å². The highest BCUT2D eigenvalue weighted by molar-refractivity contribution is 6.34. The summed E-state index contributed by atoms with van der Waals surface area (Å²) < 4.78 is 5.87. The van der Waals surface area contributed by atoms with Gasteiger partial charge in [0, 0.05) is 17.2 Å². The van der Waals surface area contributed by atoms with Crippen molar-refractivity contribution >= 4 is 40.5 Å². The van der Waals surface area contributed by atoms with Gasteiger partial charge in [-0.2, -0.15) is 0 Å². The Bertz CT molecular complexity index is 901. The quantitative estimate of drug-likeness (QED) is 0.473. The molecule has 2 aromatic carbocycles. The molecule has 0 unspecified atom stereocenters. The van der Waals surface area contributed by atoms with Crippen LogP contribution in [0.5, 0.6) is 5.75 Å². The van der Waals surface area contributed by atoms with Gasteiger partial charge in [-0.3, -0.25) is 14.9 Å². The predicted octanol–water partition coefficient (Wildman–Crippen LogP) is 4.92. The molecule has 1 aliphatic rings. The minimum Gasteiger partial charge on any atom is -0.493 e. The smallest absolute Gasteiger partial charge is 0.271 e. The second-order valence-corrected chi connectivity index (χ2v) is 7.69. The highest BCUT2D eigenvalue weighted by Gasteiger charge is 2.18. The highest BCUT2D eigenvalue weighted by Crippen LogP contribution is 2.29. The average molecular weight is 438 g/mol. The number of nitro benzene ring substituents is 1. The lowest BCUT2D eigenvalue weighted by atomic mass is 9.95. The molecule has 2 aromatic rings. The number of piperidine rings is 1. The van der Waals surface area contributed by atoms with Crippen LogP contribution >= 0.6 is 23.2 Å². The first-order chi connectivity index (χ1) is 13.9. The zero-order valence-electron chi connectivity index (χ0n) is 15.6. The lowest BCUT2D eigenvalue weighted by Crippen LogP contribution is -2.28. The topological polar surface area (TPSA) is 93.5 Å². The number of nitrogens with one attached hydrogen (secondary N) is 2. The molecule has 0 bridgehead atoms. The van der Waals surface area contributed by atoms with Crippen LogP contribution in [0, 0.1) is 16.0 Å². The lowest BCUT2D eigenvalue weighted by Gasteiger charge is -2.22. The third kappa shape index (κ3) is 5.82. The van der Waals surface area contributed by atoms with Gasteiger partial charge in [0.25, 0.3) is 11.6 Å². The number of hydrogen-bond donors (Lipinski definition) is 2. The highest BCUT2D eigenvalue weighted by atomic mass is 35.5. The Morgan fingerprint density at radius 3 is 2.66 bits per heavy atom. The maximum absolute atomic E-state index is 12.8. The van der Waals surface area contributed by atoms with Gasteiger partial charge in [-0.25, -0.2) is 0 Å². The third-order valence-corrected chi connectivity index (χ3v) is 5.39. The summed E-state index contributed by atoms with van der Waals surface area (Å²) >= 11 is 12.1. The van der Waals surface area contributed by atoms with Crippen molar-refractivity contribution in [3.63, 3.8) is 0 Å². The van der Waals surface area contributed by atoms with Crippen LogP contribution < -0.4 is 15.4 Å². The van der Waals surface area contributed by atoms with E-state index in [0.717, 1.165) is 32.4 Å². The number of nitrogens with zero attached hydrogens (tertiary/aromatic N) is 1. The number of carbonyl (C=O) groups is 1. The van der Waals surface area contributed by atoms with E-state index < -0.39 is 10.8 Å². The van der Waals surface area contributed by atoms with Crippen molar-refractivity contribution in [3.8, 4) is 5.75 Å². The maximum Gasteiger partial charge on any atom is 0.271 e. The molecule has 3 rings (SSSR count). The van der Waals surface area contributed by atoms with E-state index in [-0.39, 0.29) is 22.0 Å². The number of anilines is 1. The van der Waals surface area contributed by atoms with Gasteiger partial charge < -0.3 is 15.4 Å². The van der Waals surface area contributed by atoms with Crippen LogP contribution in [0.1, 0.15) is 29.6 Å². The Kier molecular flexibility index (Phi) is 7.30. The normalized spacial score (nSPS) is 14.4. The summed E-state index contributed by atoms with van der Waals surface area (Å²) in [7, 11) is 0. The molecule has 1 aliphatic heterocycles. The van der Waals surface area contributed by atoms with Gasteiger partial charge in [0.15, 0.2) is 0 Å². The standard InChI is InChI=1S/C20H21Cl2N3O4/c21-14-1-4-19(29-10-7-13-5-8-23-9-6-13)16(11-14)20(26)24-18-3-2-15(25(27)28)12-17(18)22/h1-4,11-13,23H,5-10H2,(H,24,26). The van der Waals surface area contributed by atoms with Crippen molar-refractivity contribution in [3.05, 3.63) is 62.1 Å². The molecular formula is C20H21Cl2N3O4. The van der Waals surface area contributed by atoms with E-state index in [0.29, 0.717) is 23.3 Å². The fourth-order valence-electron chi connectivity index (χ4n) is 3.22. The van der Waals surface area contributed by atoms with E-state index in [1.54, 1.807) is 12.1 Å². The number of amides is 1. The largest absolute Gasteiger partial charge is 0.493 e. The molecule has 0 saturated carbocycles. The Morgan fingerprint density at radius 1 is 1.21 bits per heavy atom. The fraction of sp³-hybridized carbons (Fsp3) is 0.350. The van der Waals surface area contributed by atoms with Crippen molar-refractivity contribution < 1.29 is 14.5 Å². The zero-order valence-corrected chi connectivity index (χ0v) is 17.1. The Labute approximate surface area is 178 Å². The lowest BCUT2D eigenvalue weighted by molar-refractivity contribution is -0.384. The van der Waals surface area contributed by atoms with Gasteiger partial charge >= 0.3 is 0 Å². The minimum atomic E-state index is -0.553. The monoisotopic (exact) mass is 437 g/mol. The molecule has 29 heavy (non-hydrogen) atoms. The SMILES string of the molecule is O=C(Nc1ccc([N+](=O)[O-])cc1Cl)c1cc(Cl)ccc1OCCC1CCNCC1.